The van der Waals surface area contributed by atoms with Gasteiger partial charge in [0.2, 0.25) is 5.82 Å². The van der Waals surface area contributed by atoms with Gasteiger partial charge in [-0.3, -0.25) is 4.90 Å². The minimum atomic E-state index is -2.69. The molecule has 0 aromatic carbocycles. The van der Waals surface area contributed by atoms with Gasteiger partial charge in [-0.1, -0.05) is 0 Å². The van der Waals surface area contributed by atoms with Crippen LogP contribution in [-0.2, 0) is 0 Å². The summed E-state index contributed by atoms with van der Waals surface area (Å²) in [6.07, 6.45) is 0.939. The number of likely N-dealkylation sites (tertiary alicyclic amines) is 1. The van der Waals surface area contributed by atoms with Crippen molar-refractivity contribution < 1.29 is 8.78 Å². The first-order valence-corrected chi connectivity index (χ1v) is 7.64. The lowest BCUT2D eigenvalue weighted by molar-refractivity contribution is 0.137. The Morgan fingerprint density at radius 1 is 1.27 bits per heavy atom. The first-order chi connectivity index (χ1) is 10.6. The number of rotatable bonds is 4. The van der Waals surface area contributed by atoms with Crippen molar-refractivity contribution in [3.63, 3.8) is 0 Å². The summed E-state index contributed by atoms with van der Waals surface area (Å²) in [4.78, 5) is 2.53. The number of hydrogen-bond acceptors (Lipinski definition) is 5. The van der Waals surface area contributed by atoms with Crippen molar-refractivity contribution in [2.24, 2.45) is 0 Å². The van der Waals surface area contributed by atoms with Gasteiger partial charge in [0.05, 0.1) is 0 Å². The molecule has 0 amide bonds. The molecule has 2 aromatic heterocycles. The van der Waals surface area contributed by atoms with Crippen LogP contribution in [-0.4, -0.2) is 49.4 Å². The van der Waals surface area contributed by atoms with Gasteiger partial charge >= 0.3 is 0 Å². The van der Waals surface area contributed by atoms with Crippen molar-refractivity contribution in [3.05, 3.63) is 18.0 Å². The number of fused-ring (bicyclic) bond motifs is 1. The lowest BCUT2D eigenvalue weighted by Gasteiger charge is -2.19. The van der Waals surface area contributed by atoms with E-state index in [0.717, 1.165) is 23.5 Å². The second kappa shape index (κ2) is 5.12. The first-order valence-electron chi connectivity index (χ1n) is 7.64. The number of hydrogen-bond donors (Lipinski definition) is 1. The maximum Gasteiger partial charge on any atom is 0.299 e. The van der Waals surface area contributed by atoms with Gasteiger partial charge in [-0.15, -0.1) is 15.3 Å². The van der Waals surface area contributed by atoms with Crippen molar-refractivity contribution in [2.75, 3.05) is 11.9 Å². The van der Waals surface area contributed by atoms with Crippen LogP contribution in [0.1, 0.15) is 38.4 Å². The van der Waals surface area contributed by atoms with E-state index < -0.39 is 12.2 Å². The summed E-state index contributed by atoms with van der Waals surface area (Å²) in [5.41, 5.74) is 0.334. The van der Waals surface area contributed by atoms with E-state index in [0.29, 0.717) is 23.5 Å². The van der Waals surface area contributed by atoms with E-state index in [9.17, 15) is 8.78 Å². The lowest BCUT2D eigenvalue weighted by Crippen LogP contribution is -2.31. The van der Waals surface area contributed by atoms with E-state index in [2.05, 4.69) is 32.4 Å². The molecule has 0 spiro atoms. The Labute approximate surface area is 126 Å². The van der Waals surface area contributed by atoms with Crippen molar-refractivity contribution in [1.29, 1.82) is 0 Å². The molecule has 1 N–H and O–H groups in total. The van der Waals surface area contributed by atoms with E-state index in [1.165, 1.54) is 12.8 Å². The van der Waals surface area contributed by atoms with Crippen LogP contribution in [0, 0.1) is 0 Å². The topological polar surface area (TPSA) is 58.4 Å². The summed E-state index contributed by atoms with van der Waals surface area (Å²) >= 11 is 0. The molecule has 1 saturated carbocycles. The monoisotopic (exact) mass is 308 g/mol. The molecule has 0 radical (unpaired) electrons. The zero-order valence-corrected chi connectivity index (χ0v) is 12.3. The van der Waals surface area contributed by atoms with Gasteiger partial charge in [-0.25, -0.2) is 8.78 Å². The fourth-order valence-corrected chi connectivity index (χ4v) is 3.30. The molecule has 22 heavy (non-hydrogen) atoms. The maximum absolute atomic E-state index is 12.9. The zero-order valence-electron chi connectivity index (χ0n) is 12.3. The van der Waals surface area contributed by atoms with Gasteiger partial charge in [0, 0.05) is 24.7 Å². The fourth-order valence-electron chi connectivity index (χ4n) is 3.30. The van der Waals surface area contributed by atoms with Crippen molar-refractivity contribution >= 4 is 11.5 Å². The standard InChI is InChI=1S/C14H18F2N6/c1-8-6-9(7-21(8)10-2-3-10)17-11-4-5-12-18-19-14(13(15)16)22(12)20-11/h4-5,8-10,13H,2-3,6-7H2,1H3,(H,17,20). The summed E-state index contributed by atoms with van der Waals surface area (Å²) in [5, 5.41) is 14.8. The third kappa shape index (κ3) is 2.41. The van der Waals surface area contributed by atoms with Crippen molar-refractivity contribution in [2.45, 2.75) is 50.7 Å². The largest absolute Gasteiger partial charge is 0.365 e. The minimum absolute atomic E-state index is 0.298. The highest BCUT2D eigenvalue weighted by Crippen LogP contribution is 2.34. The van der Waals surface area contributed by atoms with Gasteiger partial charge in [0.15, 0.2) is 5.65 Å². The van der Waals surface area contributed by atoms with Gasteiger partial charge in [-0.2, -0.15) is 4.52 Å². The maximum atomic E-state index is 12.9. The second-order valence-corrected chi connectivity index (χ2v) is 6.20. The second-order valence-electron chi connectivity index (χ2n) is 6.20. The Kier molecular flexibility index (Phi) is 3.21. The summed E-state index contributed by atoms with van der Waals surface area (Å²) in [5.74, 6) is 0.169. The smallest absolute Gasteiger partial charge is 0.299 e. The van der Waals surface area contributed by atoms with Crippen LogP contribution in [0.2, 0.25) is 0 Å². The lowest BCUT2D eigenvalue weighted by atomic mass is 10.2. The minimum Gasteiger partial charge on any atom is -0.365 e. The summed E-state index contributed by atoms with van der Waals surface area (Å²) in [7, 11) is 0. The third-order valence-corrected chi connectivity index (χ3v) is 4.47. The summed E-state index contributed by atoms with van der Waals surface area (Å²) in [6.45, 7) is 3.22. The van der Waals surface area contributed by atoms with Gasteiger partial charge in [0.1, 0.15) is 5.82 Å². The Balaban J connectivity index is 1.53. The van der Waals surface area contributed by atoms with Crippen LogP contribution in [0.5, 0.6) is 0 Å². The van der Waals surface area contributed by atoms with Gasteiger partial charge < -0.3 is 5.32 Å². The number of anilines is 1. The highest BCUT2D eigenvalue weighted by Gasteiger charge is 2.38. The molecule has 2 atom stereocenters. The summed E-state index contributed by atoms with van der Waals surface area (Å²) in [6, 6.07) is 5.02. The predicted molar refractivity (Wildman–Crippen MR) is 77.0 cm³/mol. The number of nitrogens with one attached hydrogen (secondary N) is 1. The highest BCUT2D eigenvalue weighted by molar-refractivity contribution is 5.44. The molecule has 3 heterocycles. The number of alkyl halides is 2. The molecule has 6 nitrogen and oxygen atoms in total. The third-order valence-electron chi connectivity index (χ3n) is 4.47. The van der Waals surface area contributed by atoms with Crippen molar-refractivity contribution in [1.82, 2.24) is 24.7 Å². The van der Waals surface area contributed by atoms with Crippen LogP contribution >= 0.6 is 0 Å². The van der Waals surface area contributed by atoms with Crippen LogP contribution in [0.25, 0.3) is 5.65 Å². The Bertz CT molecular complexity index is 683. The molecule has 2 aromatic rings. The Morgan fingerprint density at radius 3 is 2.82 bits per heavy atom. The molecule has 2 unspecified atom stereocenters. The fraction of sp³-hybridized carbons (Fsp3) is 0.643. The highest BCUT2D eigenvalue weighted by atomic mass is 19.3. The number of aromatic nitrogens is 4. The molecule has 1 aliphatic carbocycles. The van der Waals surface area contributed by atoms with Crippen LogP contribution in [0.15, 0.2) is 12.1 Å². The molecule has 8 heteroatoms. The van der Waals surface area contributed by atoms with E-state index in [4.69, 9.17) is 0 Å². The number of halogens is 2. The van der Waals surface area contributed by atoms with Gasteiger partial charge in [-0.05, 0) is 38.3 Å². The molecule has 1 saturated heterocycles. The molecule has 118 valence electrons. The summed E-state index contributed by atoms with van der Waals surface area (Å²) < 4.78 is 26.9. The molecule has 0 bridgehead atoms. The average Bonchev–Trinajstić information content (AvgIpc) is 3.13. The zero-order chi connectivity index (χ0) is 15.3. The molecule has 2 fully saturated rings. The molecule has 2 aliphatic rings. The molecule has 4 rings (SSSR count). The predicted octanol–water partition coefficient (Wildman–Crippen LogP) is 2.10. The van der Waals surface area contributed by atoms with E-state index >= 15 is 0 Å². The SMILES string of the molecule is CC1CC(Nc2ccc3nnc(C(F)F)n3n2)CN1C1CC1. The van der Waals surface area contributed by atoms with Gasteiger partial charge in [0.25, 0.3) is 6.43 Å². The van der Waals surface area contributed by atoms with E-state index in [1.807, 2.05) is 0 Å². The molecular formula is C14H18F2N6. The quantitative estimate of drug-likeness (QED) is 0.937. The molecular weight excluding hydrogens is 290 g/mol. The Morgan fingerprint density at radius 2 is 2.09 bits per heavy atom. The Hall–Kier alpha value is -1.83. The van der Waals surface area contributed by atoms with Crippen LogP contribution < -0.4 is 5.32 Å². The molecule has 1 aliphatic heterocycles. The van der Waals surface area contributed by atoms with Crippen LogP contribution in [0.4, 0.5) is 14.6 Å². The number of nitrogens with zero attached hydrogens (tertiary/aromatic N) is 5. The first kappa shape index (κ1) is 13.8. The van der Waals surface area contributed by atoms with Crippen molar-refractivity contribution in [3.8, 4) is 0 Å². The van der Waals surface area contributed by atoms with Crippen LogP contribution in [0.3, 0.4) is 0 Å². The normalized spacial score (nSPS) is 26.2. The average molecular weight is 308 g/mol. The van der Waals surface area contributed by atoms with E-state index in [1.54, 1.807) is 12.1 Å². The van der Waals surface area contributed by atoms with E-state index in [-0.39, 0.29) is 0 Å².